The Bertz CT molecular complexity index is 241. The fraction of sp³-hybridized carbons (Fsp3) is 0.375. The van der Waals surface area contributed by atoms with E-state index in [0.29, 0.717) is 0 Å². The van der Waals surface area contributed by atoms with Crippen LogP contribution in [0.25, 0.3) is 0 Å². The van der Waals surface area contributed by atoms with Crippen molar-refractivity contribution in [1.82, 2.24) is 0 Å². The van der Waals surface area contributed by atoms with Crippen LogP contribution in [0.4, 0.5) is 0 Å². The molecule has 0 aromatic carbocycles. The Hall–Kier alpha value is -1.65. The Morgan fingerprint density at radius 3 is 2.46 bits per heavy atom. The molecule has 0 heterocycles. The maximum absolute atomic E-state index is 10.5. The molecule has 0 aliphatic rings. The molecule has 0 atom stereocenters. The summed E-state index contributed by atoms with van der Waals surface area (Å²) in [5.41, 5.74) is 0. The Labute approximate surface area is 75.0 Å². The number of aliphatic carboxylic acids is 1. The molecule has 0 amide bonds. The Balaban J connectivity index is 3.68. The van der Waals surface area contributed by atoms with Crippen molar-refractivity contribution in [3.05, 3.63) is 12.2 Å². The van der Waals surface area contributed by atoms with Crippen molar-refractivity contribution in [3.8, 4) is 0 Å². The normalized spacial score (nSPS) is 9.92. The van der Waals surface area contributed by atoms with Gasteiger partial charge in [-0.05, 0) is 6.42 Å². The van der Waals surface area contributed by atoms with Gasteiger partial charge in [-0.15, -0.1) is 0 Å². The van der Waals surface area contributed by atoms with Gasteiger partial charge in [0.05, 0.1) is 7.11 Å². The van der Waals surface area contributed by atoms with Crippen LogP contribution in [0.15, 0.2) is 12.2 Å². The molecule has 0 fully saturated rings. The molecule has 5 nitrogen and oxygen atoms in total. The first-order valence-corrected chi connectivity index (χ1v) is 3.58. The summed E-state index contributed by atoms with van der Waals surface area (Å²) in [4.78, 5) is 31.0. The van der Waals surface area contributed by atoms with Gasteiger partial charge in [-0.25, -0.2) is 9.59 Å². The molecule has 0 saturated carbocycles. The van der Waals surface area contributed by atoms with Gasteiger partial charge in [-0.2, -0.15) is 0 Å². The van der Waals surface area contributed by atoms with E-state index < -0.39 is 17.7 Å². The number of carbonyl (C=O) groups excluding carboxylic acids is 2. The minimum atomic E-state index is -1.45. The Morgan fingerprint density at radius 1 is 1.38 bits per heavy atom. The van der Waals surface area contributed by atoms with Crippen molar-refractivity contribution in [2.75, 3.05) is 7.11 Å². The van der Waals surface area contributed by atoms with Crippen molar-refractivity contribution >= 4 is 17.7 Å². The number of carboxylic acid groups (broad SMARTS) is 1. The summed E-state index contributed by atoms with van der Waals surface area (Å²) < 4.78 is 4.28. The molecular weight excluding hydrogens is 176 g/mol. The van der Waals surface area contributed by atoms with Crippen LogP contribution < -0.4 is 0 Å². The third-order valence-electron chi connectivity index (χ3n) is 1.23. The molecule has 0 aromatic heterocycles. The second kappa shape index (κ2) is 5.93. The fourth-order valence-electron chi connectivity index (χ4n) is 0.569. The molecule has 72 valence electrons. The number of ketones is 1. The van der Waals surface area contributed by atoms with Gasteiger partial charge < -0.3 is 9.84 Å². The van der Waals surface area contributed by atoms with E-state index in [1.54, 1.807) is 0 Å². The number of carboxylic acids is 1. The molecule has 0 aromatic rings. The predicted molar refractivity (Wildman–Crippen MR) is 43.0 cm³/mol. The van der Waals surface area contributed by atoms with Crippen LogP contribution in [-0.2, 0) is 19.1 Å². The van der Waals surface area contributed by atoms with Gasteiger partial charge in [0.1, 0.15) is 0 Å². The highest BCUT2D eigenvalue weighted by molar-refractivity contribution is 6.32. The van der Waals surface area contributed by atoms with E-state index in [0.717, 1.165) is 6.08 Å². The molecule has 0 unspecified atom stereocenters. The number of rotatable bonds is 5. The van der Waals surface area contributed by atoms with Crippen LogP contribution >= 0.6 is 0 Å². The molecule has 0 rings (SSSR count). The third-order valence-corrected chi connectivity index (χ3v) is 1.23. The molecule has 0 radical (unpaired) electrons. The van der Waals surface area contributed by atoms with E-state index in [1.165, 1.54) is 13.2 Å². The minimum absolute atomic E-state index is 0.108. The lowest BCUT2D eigenvalue weighted by Crippen LogP contribution is -2.11. The fourth-order valence-corrected chi connectivity index (χ4v) is 0.569. The Kier molecular flexibility index (Phi) is 5.18. The molecule has 0 aliphatic carbocycles. The molecule has 1 N–H and O–H groups in total. The number of allylic oxidation sites excluding steroid dienone is 1. The van der Waals surface area contributed by atoms with Gasteiger partial charge in [0.15, 0.2) is 0 Å². The molecular formula is C8H10O5. The second-order valence-corrected chi connectivity index (χ2v) is 2.19. The summed E-state index contributed by atoms with van der Waals surface area (Å²) in [6, 6.07) is 0. The molecule has 0 aliphatic heterocycles. The number of hydrogen-bond donors (Lipinski definition) is 1. The average molecular weight is 186 g/mol. The summed E-state index contributed by atoms with van der Waals surface area (Å²) >= 11 is 0. The maximum Gasteiger partial charge on any atom is 0.372 e. The van der Waals surface area contributed by atoms with Gasteiger partial charge >= 0.3 is 11.9 Å². The van der Waals surface area contributed by atoms with Crippen LogP contribution in [-0.4, -0.2) is 29.9 Å². The number of hydrogen-bond acceptors (Lipinski definition) is 4. The van der Waals surface area contributed by atoms with Crippen molar-refractivity contribution in [1.29, 1.82) is 0 Å². The molecule has 0 saturated heterocycles. The molecule has 0 spiro atoms. The minimum Gasteiger partial charge on any atom is -0.476 e. The number of esters is 1. The lowest BCUT2D eigenvalue weighted by Gasteiger charge is -1.90. The first kappa shape index (κ1) is 11.4. The largest absolute Gasteiger partial charge is 0.476 e. The van der Waals surface area contributed by atoms with Crippen LogP contribution in [0, 0.1) is 0 Å². The van der Waals surface area contributed by atoms with Gasteiger partial charge in [0.2, 0.25) is 5.78 Å². The van der Waals surface area contributed by atoms with E-state index in [9.17, 15) is 14.4 Å². The topological polar surface area (TPSA) is 80.7 Å². The van der Waals surface area contributed by atoms with E-state index in [2.05, 4.69) is 4.74 Å². The van der Waals surface area contributed by atoms with Crippen LogP contribution in [0.1, 0.15) is 12.8 Å². The first-order chi connectivity index (χ1) is 6.07. The van der Waals surface area contributed by atoms with Crippen molar-refractivity contribution in [2.24, 2.45) is 0 Å². The Morgan fingerprint density at radius 2 is 2.00 bits per heavy atom. The van der Waals surface area contributed by atoms with Crippen molar-refractivity contribution < 1.29 is 24.2 Å². The first-order valence-electron chi connectivity index (χ1n) is 3.58. The standard InChI is InChI=1S/C8H10O5/c1-13-7(10)5-3-2-4-6(9)8(11)12/h3,5H,2,4H2,1H3,(H,11,12)/b5-3+. The summed E-state index contributed by atoms with van der Waals surface area (Å²) in [7, 11) is 1.23. The third kappa shape index (κ3) is 5.60. The SMILES string of the molecule is COC(=O)/C=C/CCC(=O)C(=O)O. The van der Waals surface area contributed by atoms with Gasteiger partial charge in [0.25, 0.3) is 0 Å². The highest BCUT2D eigenvalue weighted by Gasteiger charge is 2.08. The zero-order valence-corrected chi connectivity index (χ0v) is 7.15. The van der Waals surface area contributed by atoms with E-state index in [4.69, 9.17) is 5.11 Å². The average Bonchev–Trinajstić information content (AvgIpc) is 2.11. The summed E-state index contributed by atoms with van der Waals surface area (Å²) in [6.45, 7) is 0. The summed E-state index contributed by atoms with van der Waals surface area (Å²) in [6.07, 6.45) is 2.66. The number of methoxy groups -OCH3 is 1. The lowest BCUT2D eigenvalue weighted by molar-refractivity contribution is -0.149. The number of Topliss-reactive ketones (excluding diaryl/α,β-unsaturated/α-hetero) is 1. The maximum atomic E-state index is 10.5. The van der Waals surface area contributed by atoms with E-state index in [-0.39, 0.29) is 12.8 Å². The number of ether oxygens (including phenoxy) is 1. The van der Waals surface area contributed by atoms with Crippen LogP contribution in [0.2, 0.25) is 0 Å². The van der Waals surface area contributed by atoms with Gasteiger partial charge in [-0.1, -0.05) is 6.08 Å². The molecule has 0 bridgehead atoms. The van der Waals surface area contributed by atoms with E-state index >= 15 is 0 Å². The highest BCUT2D eigenvalue weighted by atomic mass is 16.5. The van der Waals surface area contributed by atoms with Gasteiger partial charge in [-0.3, -0.25) is 4.79 Å². The number of carbonyl (C=O) groups is 3. The lowest BCUT2D eigenvalue weighted by atomic mass is 10.2. The zero-order chi connectivity index (χ0) is 10.3. The van der Waals surface area contributed by atoms with E-state index in [1.807, 2.05) is 0 Å². The predicted octanol–water partition coefficient (Wildman–Crippen LogP) is 0.149. The van der Waals surface area contributed by atoms with Crippen molar-refractivity contribution in [2.45, 2.75) is 12.8 Å². The molecule has 5 heteroatoms. The highest BCUT2D eigenvalue weighted by Crippen LogP contribution is 1.93. The summed E-state index contributed by atoms with van der Waals surface area (Å²) in [5, 5.41) is 8.17. The second-order valence-electron chi connectivity index (χ2n) is 2.19. The smallest absolute Gasteiger partial charge is 0.372 e. The van der Waals surface area contributed by atoms with Crippen LogP contribution in [0.5, 0.6) is 0 Å². The van der Waals surface area contributed by atoms with Crippen LogP contribution in [0.3, 0.4) is 0 Å². The summed E-state index contributed by atoms with van der Waals surface area (Å²) in [5.74, 6) is -2.84. The monoisotopic (exact) mass is 186 g/mol. The molecule has 13 heavy (non-hydrogen) atoms. The zero-order valence-electron chi connectivity index (χ0n) is 7.15. The van der Waals surface area contributed by atoms with Gasteiger partial charge in [0, 0.05) is 12.5 Å². The van der Waals surface area contributed by atoms with Crippen molar-refractivity contribution in [3.63, 3.8) is 0 Å². The quantitative estimate of drug-likeness (QED) is 0.375.